The summed E-state index contributed by atoms with van der Waals surface area (Å²) in [6, 6.07) is 21.4. The molecule has 0 fully saturated rings. The maximum absolute atomic E-state index is 8.94. The number of fused-ring (bicyclic) bond motifs is 1. The number of aromatic nitrogens is 1. The van der Waals surface area contributed by atoms with E-state index in [9.17, 15) is 0 Å². The standard InChI is InChI=1S/C17H12N2O/c18-11-15-10-9-14-7-4-8-16(17(14)19-15)20-12-13-5-2-1-3-6-13/h1-10H,12H2. The Morgan fingerprint density at radius 2 is 1.80 bits per heavy atom. The Hall–Kier alpha value is -2.86. The molecule has 1 aromatic heterocycles. The largest absolute Gasteiger partial charge is 0.487 e. The molecular formula is C17H12N2O. The van der Waals surface area contributed by atoms with Crippen LogP contribution in [0.1, 0.15) is 11.3 Å². The maximum Gasteiger partial charge on any atom is 0.146 e. The summed E-state index contributed by atoms with van der Waals surface area (Å²) >= 11 is 0. The van der Waals surface area contributed by atoms with Crippen molar-refractivity contribution in [1.29, 1.82) is 5.26 Å². The van der Waals surface area contributed by atoms with Gasteiger partial charge in [-0.2, -0.15) is 5.26 Å². The molecule has 0 unspecified atom stereocenters. The van der Waals surface area contributed by atoms with E-state index in [1.54, 1.807) is 6.07 Å². The van der Waals surface area contributed by atoms with Gasteiger partial charge in [0.05, 0.1) is 0 Å². The second kappa shape index (κ2) is 5.41. The van der Waals surface area contributed by atoms with Crippen LogP contribution in [0, 0.1) is 11.3 Å². The first kappa shape index (κ1) is 12.2. The molecule has 96 valence electrons. The number of nitrogens with zero attached hydrogens (tertiary/aromatic N) is 2. The summed E-state index contributed by atoms with van der Waals surface area (Å²) in [5, 5.41) is 9.91. The van der Waals surface area contributed by atoms with Gasteiger partial charge in [-0.15, -0.1) is 0 Å². The Morgan fingerprint density at radius 1 is 0.950 bits per heavy atom. The van der Waals surface area contributed by atoms with Gasteiger partial charge in [0.1, 0.15) is 29.6 Å². The second-order valence-corrected chi connectivity index (χ2v) is 4.41. The van der Waals surface area contributed by atoms with E-state index in [4.69, 9.17) is 10.00 Å². The zero-order valence-corrected chi connectivity index (χ0v) is 10.8. The van der Waals surface area contributed by atoms with Gasteiger partial charge >= 0.3 is 0 Å². The summed E-state index contributed by atoms with van der Waals surface area (Å²) in [5.74, 6) is 0.698. The topological polar surface area (TPSA) is 45.9 Å². The third kappa shape index (κ3) is 2.45. The van der Waals surface area contributed by atoms with Crippen molar-refractivity contribution in [2.75, 3.05) is 0 Å². The molecule has 0 atom stereocenters. The number of hydrogen-bond donors (Lipinski definition) is 0. The van der Waals surface area contributed by atoms with E-state index in [1.165, 1.54) is 0 Å². The Morgan fingerprint density at radius 3 is 2.60 bits per heavy atom. The van der Waals surface area contributed by atoms with Gasteiger partial charge in [0, 0.05) is 5.39 Å². The highest BCUT2D eigenvalue weighted by molar-refractivity contribution is 5.84. The highest BCUT2D eigenvalue weighted by Crippen LogP contribution is 2.24. The average molecular weight is 260 g/mol. The Labute approximate surface area is 117 Å². The summed E-state index contributed by atoms with van der Waals surface area (Å²) in [7, 11) is 0. The number of ether oxygens (including phenoxy) is 1. The third-order valence-corrected chi connectivity index (χ3v) is 3.03. The lowest BCUT2D eigenvalue weighted by Gasteiger charge is -2.08. The van der Waals surface area contributed by atoms with Crippen LogP contribution in [0.4, 0.5) is 0 Å². The number of nitriles is 1. The van der Waals surface area contributed by atoms with Gasteiger partial charge < -0.3 is 4.74 Å². The molecule has 3 heteroatoms. The summed E-state index contributed by atoms with van der Waals surface area (Å²) in [4.78, 5) is 4.32. The average Bonchev–Trinajstić information content (AvgIpc) is 2.53. The van der Waals surface area contributed by atoms with Crippen LogP contribution < -0.4 is 4.74 Å². The minimum Gasteiger partial charge on any atom is -0.487 e. The molecule has 0 aliphatic rings. The molecule has 20 heavy (non-hydrogen) atoms. The van der Waals surface area contributed by atoms with Crippen molar-refractivity contribution >= 4 is 10.9 Å². The molecular weight excluding hydrogens is 248 g/mol. The molecule has 0 N–H and O–H groups in total. The van der Waals surface area contributed by atoms with Gasteiger partial charge in [0.25, 0.3) is 0 Å². The first-order valence-corrected chi connectivity index (χ1v) is 6.33. The number of rotatable bonds is 3. The highest BCUT2D eigenvalue weighted by Gasteiger charge is 2.05. The van der Waals surface area contributed by atoms with E-state index in [0.29, 0.717) is 18.1 Å². The lowest BCUT2D eigenvalue weighted by molar-refractivity contribution is 0.309. The summed E-state index contributed by atoms with van der Waals surface area (Å²) in [5.41, 5.74) is 2.22. The highest BCUT2D eigenvalue weighted by atomic mass is 16.5. The van der Waals surface area contributed by atoms with Crippen LogP contribution in [-0.4, -0.2) is 4.98 Å². The predicted molar refractivity (Wildman–Crippen MR) is 77.2 cm³/mol. The quantitative estimate of drug-likeness (QED) is 0.721. The molecule has 3 aromatic rings. The van der Waals surface area contributed by atoms with E-state index in [1.807, 2.05) is 54.6 Å². The van der Waals surface area contributed by atoms with Crippen molar-refractivity contribution in [3.63, 3.8) is 0 Å². The lowest BCUT2D eigenvalue weighted by Crippen LogP contribution is -1.97. The lowest BCUT2D eigenvalue weighted by atomic mass is 10.2. The number of para-hydroxylation sites is 1. The second-order valence-electron chi connectivity index (χ2n) is 4.41. The zero-order chi connectivity index (χ0) is 13.8. The van der Waals surface area contributed by atoms with Crippen LogP contribution in [0.25, 0.3) is 10.9 Å². The smallest absolute Gasteiger partial charge is 0.146 e. The number of pyridine rings is 1. The van der Waals surface area contributed by atoms with Gasteiger partial charge in [-0.1, -0.05) is 42.5 Å². The SMILES string of the molecule is N#Cc1ccc2cccc(OCc3ccccc3)c2n1. The van der Waals surface area contributed by atoms with Crippen molar-refractivity contribution in [2.45, 2.75) is 6.61 Å². The van der Waals surface area contributed by atoms with E-state index >= 15 is 0 Å². The van der Waals surface area contributed by atoms with E-state index < -0.39 is 0 Å². The van der Waals surface area contributed by atoms with Crippen LogP contribution in [0.15, 0.2) is 60.7 Å². The molecule has 3 rings (SSSR count). The van der Waals surface area contributed by atoms with Crippen LogP contribution in [0.3, 0.4) is 0 Å². The van der Waals surface area contributed by atoms with Crippen molar-refractivity contribution in [1.82, 2.24) is 4.98 Å². The molecule has 0 spiro atoms. The van der Waals surface area contributed by atoms with E-state index in [0.717, 1.165) is 16.5 Å². The monoisotopic (exact) mass is 260 g/mol. The van der Waals surface area contributed by atoms with Gasteiger partial charge in [-0.3, -0.25) is 0 Å². The van der Waals surface area contributed by atoms with Crippen molar-refractivity contribution in [2.24, 2.45) is 0 Å². The number of hydrogen-bond acceptors (Lipinski definition) is 3. The molecule has 0 bridgehead atoms. The summed E-state index contributed by atoms with van der Waals surface area (Å²) < 4.78 is 5.83. The number of benzene rings is 2. The fourth-order valence-electron chi connectivity index (χ4n) is 2.03. The fraction of sp³-hybridized carbons (Fsp3) is 0.0588. The van der Waals surface area contributed by atoms with Gasteiger partial charge in [0.2, 0.25) is 0 Å². The van der Waals surface area contributed by atoms with Crippen molar-refractivity contribution in [3.05, 3.63) is 71.9 Å². The first-order chi connectivity index (χ1) is 9.86. The van der Waals surface area contributed by atoms with Crippen LogP contribution in [-0.2, 0) is 6.61 Å². The molecule has 0 saturated carbocycles. The molecule has 0 radical (unpaired) electrons. The molecule has 2 aromatic carbocycles. The normalized spacial score (nSPS) is 10.2. The zero-order valence-electron chi connectivity index (χ0n) is 10.8. The molecule has 1 heterocycles. The Bertz CT molecular complexity index is 776. The van der Waals surface area contributed by atoms with E-state index in [-0.39, 0.29) is 0 Å². The maximum atomic E-state index is 8.94. The van der Waals surface area contributed by atoms with Crippen molar-refractivity contribution in [3.8, 4) is 11.8 Å². The van der Waals surface area contributed by atoms with Crippen LogP contribution in [0.5, 0.6) is 5.75 Å². The van der Waals surface area contributed by atoms with Crippen LogP contribution >= 0.6 is 0 Å². The minimum atomic E-state index is 0.397. The third-order valence-electron chi connectivity index (χ3n) is 3.03. The molecule has 0 saturated heterocycles. The minimum absolute atomic E-state index is 0.397. The van der Waals surface area contributed by atoms with Crippen LogP contribution in [0.2, 0.25) is 0 Å². The Balaban J connectivity index is 1.93. The summed E-state index contributed by atoms with van der Waals surface area (Å²) in [6.07, 6.45) is 0. The van der Waals surface area contributed by atoms with Gasteiger partial charge in [0.15, 0.2) is 0 Å². The first-order valence-electron chi connectivity index (χ1n) is 6.33. The molecule has 0 aliphatic carbocycles. The molecule has 3 nitrogen and oxygen atoms in total. The molecule has 0 aliphatic heterocycles. The van der Waals surface area contributed by atoms with Gasteiger partial charge in [-0.05, 0) is 23.8 Å². The van der Waals surface area contributed by atoms with Crippen molar-refractivity contribution < 1.29 is 4.74 Å². The Kier molecular flexibility index (Phi) is 3.30. The van der Waals surface area contributed by atoms with E-state index in [2.05, 4.69) is 11.1 Å². The molecule has 0 amide bonds. The summed E-state index contributed by atoms with van der Waals surface area (Å²) in [6.45, 7) is 0.485. The van der Waals surface area contributed by atoms with Gasteiger partial charge in [-0.25, -0.2) is 4.98 Å². The predicted octanol–water partition coefficient (Wildman–Crippen LogP) is 3.69. The fourth-order valence-corrected chi connectivity index (χ4v) is 2.03.